The van der Waals surface area contributed by atoms with Crippen molar-refractivity contribution < 1.29 is 13.7 Å². The lowest BCUT2D eigenvalue weighted by atomic mass is 10.1. The highest BCUT2D eigenvalue weighted by atomic mass is 32.2. The van der Waals surface area contributed by atoms with Crippen molar-refractivity contribution >= 4 is 39.1 Å². The Labute approximate surface area is 175 Å². The summed E-state index contributed by atoms with van der Waals surface area (Å²) in [7, 11) is 0.843. The van der Waals surface area contributed by atoms with Crippen LogP contribution in [-0.4, -0.2) is 22.2 Å². The van der Waals surface area contributed by atoms with Gasteiger partial charge in [0.05, 0.1) is 35.0 Å². The van der Waals surface area contributed by atoms with E-state index >= 15 is 0 Å². The molecule has 3 aromatic carbocycles. The number of nitrogens with zero attached hydrogens (tertiary/aromatic N) is 3. The molecule has 30 heavy (non-hydrogen) atoms. The van der Waals surface area contributed by atoms with Crippen molar-refractivity contribution in [2.75, 3.05) is 12.4 Å². The molecule has 1 atom stereocenters. The predicted octanol–water partition coefficient (Wildman–Crippen LogP) is 5.58. The standard InChI is InChI=1S/C22H19FN4O2S/c1-14-10-18(23)20(12-21(14)28)26-22-17-11-15(8-9-19(17)24-13-25-22)27-30(29-2)16-6-4-3-5-7-16/h3-13,28H,1-2H3,(H,24,25,26). The molecular weight excluding hydrogens is 403 g/mol. The van der Waals surface area contributed by atoms with E-state index in [-0.39, 0.29) is 11.4 Å². The summed E-state index contributed by atoms with van der Waals surface area (Å²) in [4.78, 5) is 9.48. The monoisotopic (exact) mass is 422 g/mol. The number of aromatic hydroxyl groups is 1. The molecule has 0 aliphatic heterocycles. The van der Waals surface area contributed by atoms with E-state index in [2.05, 4.69) is 15.3 Å². The Hall–Kier alpha value is -3.36. The van der Waals surface area contributed by atoms with E-state index in [0.29, 0.717) is 28.0 Å². The zero-order chi connectivity index (χ0) is 21.1. The molecule has 6 nitrogen and oxygen atoms in total. The molecule has 0 bridgehead atoms. The van der Waals surface area contributed by atoms with E-state index < -0.39 is 16.8 Å². The maximum Gasteiger partial charge on any atom is 0.147 e. The third-order valence-corrected chi connectivity index (χ3v) is 5.82. The summed E-state index contributed by atoms with van der Waals surface area (Å²) in [5.41, 5.74) is 1.95. The minimum Gasteiger partial charge on any atom is -0.508 e. The summed E-state index contributed by atoms with van der Waals surface area (Å²) >= 11 is 0. The summed E-state index contributed by atoms with van der Waals surface area (Å²) in [6, 6.07) is 17.8. The van der Waals surface area contributed by atoms with Crippen LogP contribution in [0.15, 0.2) is 76.2 Å². The highest BCUT2D eigenvalue weighted by Gasteiger charge is 2.11. The number of halogens is 1. The minimum atomic E-state index is -0.772. The Kier molecular flexibility index (Phi) is 5.69. The Morgan fingerprint density at radius 2 is 1.87 bits per heavy atom. The van der Waals surface area contributed by atoms with Gasteiger partial charge in [0.25, 0.3) is 0 Å². The van der Waals surface area contributed by atoms with Crippen molar-refractivity contribution in [1.29, 1.82) is 0 Å². The number of rotatable bonds is 5. The van der Waals surface area contributed by atoms with Crippen LogP contribution in [0.1, 0.15) is 5.56 Å². The second kappa shape index (κ2) is 8.56. The van der Waals surface area contributed by atoms with Crippen LogP contribution in [0.5, 0.6) is 5.75 Å². The quantitative estimate of drug-likeness (QED) is 0.439. The predicted molar refractivity (Wildman–Crippen MR) is 117 cm³/mol. The molecular formula is C22H19FN4O2S. The Morgan fingerprint density at radius 1 is 1.07 bits per heavy atom. The largest absolute Gasteiger partial charge is 0.508 e. The van der Waals surface area contributed by atoms with Gasteiger partial charge in [0.15, 0.2) is 0 Å². The van der Waals surface area contributed by atoms with Crippen LogP contribution in [0, 0.1) is 12.7 Å². The molecule has 4 aromatic rings. The van der Waals surface area contributed by atoms with Gasteiger partial charge in [-0.05, 0) is 48.9 Å². The second-order valence-electron chi connectivity index (χ2n) is 6.49. The maximum atomic E-state index is 14.4. The van der Waals surface area contributed by atoms with Gasteiger partial charge < -0.3 is 14.6 Å². The molecule has 0 amide bonds. The number of aryl methyl sites for hydroxylation is 1. The fourth-order valence-electron chi connectivity index (χ4n) is 2.90. The van der Waals surface area contributed by atoms with Crippen LogP contribution in [0.25, 0.3) is 10.9 Å². The first kappa shape index (κ1) is 19.9. The number of fused-ring (bicyclic) bond motifs is 1. The summed E-state index contributed by atoms with van der Waals surface area (Å²) in [6.07, 6.45) is 1.40. The van der Waals surface area contributed by atoms with Gasteiger partial charge >= 0.3 is 0 Å². The van der Waals surface area contributed by atoms with E-state index in [1.165, 1.54) is 18.5 Å². The van der Waals surface area contributed by atoms with Crippen molar-refractivity contribution in [3.8, 4) is 5.75 Å². The zero-order valence-electron chi connectivity index (χ0n) is 16.3. The van der Waals surface area contributed by atoms with Crippen LogP contribution in [-0.2, 0) is 15.2 Å². The third kappa shape index (κ3) is 4.14. The van der Waals surface area contributed by atoms with Gasteiger partial charge in [0.2, 0.25) is 0 Å². The highest BCUT2D eigenvalue weighted by Crippen LogP contribution is 2.31. The minimum absolute atomic E-state index is 0.0000480. The molecule has 0 aliphatic carbocycles. The maximum absolute atomic E-state index is 14.4. The number of hydrogen-bond donors (Lipinski definition) is 2. The number of hydrogen-bond acceptors (Lipinski definition) is 6. The van der Waals surface area contributed by atoms with Gasteiger partial charge in [-0.1, -0.05) is 18.2 Å². The molecule has 152 valence electrons. The van der Waals surface area contributed by atoms with Gasteiger partial charge in [0.1, 0.15) is 23.7 Å². The lowest BCUT2D eigenvalue weighted by Gasteiger charge is -2.11. The first-order valence-electron chi connectivity index (χ1n) is 9.11. The van der Waals surface area contributed by atoms with Crippen molar-refractivity contribution in [3.63, 3.8) is 0 Å². The number of benzene rings is 3. The molecule has 0 fully saturated rings. The summed E-state index contributed by atoms with van der Waals surface area (Å²) in [5, 5.41) is 13.6. The number of nitrogens with one attached hydrogen (secondary N) is 1. The second-order valence-corrected chi connectivity index (χ2v) is 7.97. The molecule has 4 rings (SSSR count). The molecule has 0 saturated heterocycles. The molecule has 0 aliphatic rings. The van der Waals surface area contributed by atoms with E-state index in [9.17, 15) is 9.50 Å². The van der Waals surface area contributed by atoms with Gasteiger partial charge in [-0.25, -0.2) is 14.4 Å². The number of phenols is 1. The van der Waals surface area contributed by atoms with Gasteiger partial charge in [-0.2, -0.15) is 4.36 Å². The SMILES string of the molecule is COS(=Nc1ccc2ncnc(Nc3cc(O)c(C)cc3F)c2c1)c1ccccc1. The molecule has 2 N–H and O–H groups in total. The van der Waals surface area contributed by atoms with Crippen LogP contribution in [0.3, 0.4) is 0 Å². The summed E-state index contributed by atoms with van der Waals surface area (Å²) in [6.45, 7) is 1.63. The van der Waals surface area contributed by atoms with Crippen LogP contribution in [0.4, 0.5) is 21.6 Å². The topological polar surface area (TPSA) is 79.6 Å². The van der Waals surface area contributed by atoms with E-state index in [4.69, 9.17) is 8.55 Å². The Balaban J connectivity index is 1.76. The molecule has 0 saturated carbocycles. The Bertz CT molecular complexity index is 1250. The average Bonchev–Trinajstić information content (AvgIpc) is 2.76. The molecule has 0 spiro atoms. The fourth-order valence-corrected chi connectivity index (χ4v) is 3.97. The van der Waals surface area contributed by atoms with Crippen LogP contribution in [0.2, 0.25) is 0 Å². The molecule has 0 radical (unpaired) electrons. The van der Waals surface area contributed by atoms with Crippen LogP contribution >= 0.6 is 0 Å². The summed E-state index contributed by atoms with van der Waals surface area (Å²) < 4.78 is 24.6. The molecule has 1 aromatic heterocycles. The van der Waals surface area contributed by atoms with Gasteiger partial charge in [-0.15, -0.1) is 0 Å². The lowest BCUT2D eigenvalue weighted by molar-refractivity contribution is 0.469. The van der Waals surface area contributed by atoms with E-state index in [1.807, 2.05) is 48.5 Å². The van der Waals surface area contributed by atoms with E-state index in [0.717, 1.165) is 4.90 Å². The average molecular weight is 422 g/mol. The third-order valence-electron chi connectivity index (χ3n) is 4.45. The molecule has 1 unspecified atom stereocenters. The van der Waals surface area contributed by atoms with Crippen molar-refractivity contribution in [3.05, 3.63) is 78.4 Å². The van der Waals surface area contributed by atoms with Gasteiger partial charge in [-0.3, -0.25) is 0 Å². The fraction of sp³-hybridized carbons (Fsp3) is 0.0909. The zero-order valence-corrected chi connectivity index (χ0v) is 17.2. The smallest absolute Gasteiger partial charge is 0.147 e. The van der Waals surface area contributed by atoms with Crippen molar-refractivity contribution in [2.45, 2.75) is 11.8 Å². The highest BCUT2D eigenvalue weighted by molar-refractivity contribution is 7.82. The van der Waals surface area contributed by atoms with E-state index in [1.54, 1.807) is 14.0 Å². The number of anilines is 2. The van der Waals surface area contributed by atoms with Crippen LogP contribution < -0.4 is 5.32 Å². The summed E-state index contributed by atoms with van der Waals surface area (Å²) in [5.74, 6) is -0.0703. The lowest BCUT2D eigenvalue weighted by Crippen LogP contribution is -1.99. The normalized spacial score (nSPS) is 12.2. The first-order chi connectivity index (χ1) is 14.5. The van der Waals surface area contributed by atoms with Crippen molar-refractivity contribution in [1.82, 2.24) is 9.97 Å². The number of aromatic nitrogens is 2. The number of phenolic OH excluding ortho intramolecular Hbond substituents is 1. The van der Waals surface area contributed by atoms with Gasteiger partial charge in [0, 0.05) is 16.3 Å². The van der Waals surface area contributed by atoms with Crippen molar-refractivity contribution in [2.24, 2.45) is 4.36 Å². The first-order valence-corrected chi connectivity index (χ1v) is 10.2. The molecule has 8 heteroatoms. The molecule has 1 heterocycles. The Morgan fingerprint density at radius 3 is 2.63 bits per heavy atom.